The number of carbonyl (C=O) groups is 1. The third kappa shape index (κ3) is 4.33. The summed E-state index contributed by atoms with van der Waals surface area (Å²) in [7, 11) is 0.0656. The van der Waals surface area contributed by atoms with Crippen LogP contribution >= 0.6 is 0 Å². The molecule has 1 aliphatic heterocycles. The van der Waals surface area contributed by atoms with Gasteiger partial charge in [0.1, 0.15) is 16.9 Å². The third-order valence-electron chi connectivity index (χ3n) is 7.61. The van der Waals surface area contributed by atoms with E-state index >= 15 is 0 Å². The summed E-state index contributed by atoms with van der Waals surface area (Å²) in [5.74, 6) is 1.71. The maximum Gasteiger partial charge on any atom is 0.254 e. The Morgan fingerprint density at radius 2 is 1.95 bits per heavy atom. The van der Waals surface area contributed by atoms with Crippen LogP contribution in [-0.4, -0.2) is 70.8 Å². The van der Waals surface area contributed by atoms with Crippen LogP contribution in [0.15, 0.2) is 35.4 Å². The number of nitrogens with zero attached hydrogens (tertiary/aromatic N) is 5. The number of amides is 1. The summed E-state index contributed by atoms with van der Waals surface area (Å²) in [6.45, 7) is 1.96. The molecule has 0 radical (unpaired) electrons. The minimum absolute atomic E-state index is 0.00927. The Labute approximate surface area is 221 Å². The number of aromatic nitrogens is 4. The first-order valence-electron chi connectivity index (χ1n) is 12.9. The predicted octanol–water partition coefficient (Wildman–Crippen LogP) is 2.98. The average molecular weight is 537 g/mol. The van der Waals surface area contributed by atoms with E-state index < -0.39 is 9.84 Å². The largest absolute Gasteiger partial charge is 0.494 e. The van der Waals surface area contributed by atoms with Crippen molar-refractivity contribution < 1.29 is 17.9 Å². The predicted molar refractivity (Wildman–Crippen MR) is 145 cm³/mol. The number of aryl methyl sites for hydroxylation is 1. The zero-order valence-electron chi connectivity index (χ0n) is 21.8. The summed E-state index contributed by atoms with van der Waals surface area (Å²) in [4.78, 5) is 24.7. The van der Waals surface area contributed by atoms with Crippen molar-refractivity contribution in [3.63, 3.8) is 0 Å². The molecule has 38 heavy (non-hydrogen) atoms. The minimum Gasteiger partial charge on any atom is -0.494 e. The van der Waals surface area contributed by atoms with Crippen molar-refractivity contribution in [2.75, 3.05) is 26.5 Å². The first kappa shape index (κ1) is 24.9. The van der Waals surface area contributed by atoms with Crippen LogP contribution in [0, 0.1) is 5.92 Å². The Balaban J connectivity index is 1.50. The van der Waals surface area contributed by atoms with Gasteiger partial charge in [0.15, 0.2) is 20.7 Å². The first-order chi connectivity index (χ1) is 18.1. The zero-order valence-corrected chi connectivity index (χ0v) is 22.7. The lowest BCUT2D eigenvalue weighted by atomic mass is 10.0. The summed E-state index contributed by atoms with van der Waals surface area (Å²) in [6, 6.07) is 8.93. The molecule has 1 aliphatic carbocycles. The molecule has 2 fully saturated rings. The zero-order chi connectivity index (χ0) is 26.8. The number of rotatable bonds is 6. The second kappa shape index (κ2) is 9.09. The number of piperidine rings is 1. The highest BCUT2D eigenvalue weighted by molar-refractivity contribution is 7.90. The summed E-state index contributed by atoms with van der Waals surface area (Å²) in [6.07, 6.45) is 5.25. The lowest BCUT2D eigenvalue weighted by Gasteiger charge is -2.30. The van der Waals surface area contributed by atoms with Gasteiger partial charge in [-0.1, -0.05) is 0 Å². The van der Waals surface area contributed by atoms with Crippen LogP contribution < -0.4 is 10.5 Å². The van der Waals surface area contributed by atoms with Gasteiger partial charge in [0.25, 0.3) is 5.91 Å². The Kier molecular flexibility index (Phi) is 5.95. The molecule has 11 heteroatoms. The number of hydrogen-bond acceptors (Lipinski definition) is 7. The van der Waals surface area contributed by atoms with Crippen molar-refractivity contribution in [2.24, 2.45) is 18.7 Å². The highest BCUT2D eigenvalue weighted by Crippen LogP contribution is 2.38. The molecule has 2 aliphatic rings. The van der Waals surface area contributed by atoms with Gasteiger partial charge in [-0.05, 0) is 61.9 Å². The van der Waals surface area contributed by atoms with Crippen molar-refractivity contribution in [2.45, 2.75) is 43.3 Å². The average Bonchev–Trinajstić information content (AvgIpc) is 3.56. The number of methoxy groups -OCH3 is 1. The molecule has 10 nitrogen and oxygen atoms in total. The number of fused-ring (bicyclic) bond motifs is 2. The van der Waals surface area contributed by atoms with Gasteiger partial charge >= 0.3 is 0 Å². The lowest BCUT2D eigenvalue weighted by molar-refractivity contribution is 0.0708. The van der Waals surface area contributed by atoms with Gasteiger partial charge in [0.2, 0.25) is 0 Å². The highest BCUT2D eigenvalue weighted by atomic mass is 32.2. The SMILES string of the molecule is COc1cc(C(=O)N2CCC[C@@H](N)C2)cc2nc(-c3cc4ccc(S(C)(=O)=O)nc4n3CC3CC3)n(C)c12. The normalized spacial score (nSPS) is 18.4. The molecule has 2 N–H and O–H groups in total. The van der Waals surface area contributed by atoms with Crippen LogP contribution in [0.2, 0.25) is 0 Å². The van der Waals surface area contributed by atoms with Crippen LogP contribution in [-0.2, 0) is 23.4 Å². The Morgan fingerprint density at radius 1 is 1.16 bits per heavy atom. The fourth-order valence-electron chi connectivity index (χ4n) is 5.44. The van der Waals surface area contributed by atoms with Gasteiger partial charge in [-0.15, -0.1) is 0 Å². The summed E-state index contributed by atoms with van der Waals surface area (Å²) in [5, 5.41) is 0.906. The summed E-state index contributed by atoms with van der Waals surface area (Å²) >= 11 is 0. The maximum absolute atomic E-state index is 13.4. The molecular formula is C27H32N6O4S. The van der Waals surface area contributed by atoms with Gasteiger partial charge in [-0.25, -0.2) is 18.4 Å². The second-order valence-corrected chi connectivity index (χ2v) is 12.6. The number of benzene rings is 1. The number of likely N-dealkylation sites (tertiary alicyclic amines) is 1. The summed E-state index contributed by atoms with van der Waals surface area (Å²) in [5.41, 5.74) is 9.55. The molecule has 4 aromatic rings. The standard InChI is InChI=1S/C27H32N6O4S/c1-31-24-20(11-18(13-22(24)37-2)27(34)32-10-4-5-19(28)15-32)29-26(31)21-12-17-8-9-23(38(3,35)36)30-25(17)33(21)14-16-6-7-16/h8-9,11-13,16,19H,4-7,10,14-15,28H2,1-3H3/t19-/m1/s1. The monoisotopic (exact) mass is 536 g/mol. The van der Waals surface area contributed by atoms with Gasteiger partial charge in [0.05, 0.1) is 18.3 Å². The van der Waals surface area contributed by atoms with Crippen LogP contribution in [0.3, 0.4) is 0 Å². The van der Waals surface area contributed by atoms with Crippen molar-refractivity contribution in [3.05, 3.63) is 35.9 Å². The minimum atomic E-state index is -3.45. The van der Waals surface area contributed by atoms with E-state index in [0.717, 1.165) is 48.8 Å². The van der Waals surface area contributed by atoms with E-state index in [0.29, 0.717) is 47.3 Å². The molecule has 3 aromatic heterocycles. The Morgan fingerprint density at radius 3 is 2.63 bits per heavy atom. The molecule has 4 heterocycles. The Hall–Kier alpha value is -3.44. The molecule has 1 atom stereocenters. The fourth-order valence-corrected chi connectivity index (χ4v) is 6.01. The Bertz CT molecular complexity index is 1680. The summed E-state index contributed by atoms with van der Waals surface area (Å²) < 4.78 is 34.2. The molecule has 1 saturated carbocycles. The van der Waals surface area contributed by atoms with E-state index in [1.807, 2.05) is 23.7 Å². The third-order valence-corrected chi connectivity index (χ3v) is 8.60. The molecule has 1 amide bonds. The molecule has 0 unspecified atom stereocenters. The molecule has 0 bridgehead atoms. The number of ether oxygens (including phenoxy) is 1. The number of hydrogen-bond donors (Lipinski definition) is 1. The number of sulfone groups is 1. The lowest BCUT2D eigenvalue weighted by Crippen LogP contribution is -2.45. The molecule has 0 spiro atoms. The smallest absolute Gasteiger partial charge is 0.254 e. The second-order valence-electron chi connectivity index (χ2n) is 10.6. The molecule has 6 rings (SSSR count). The van der Waals surface area contributed by atoms with Gasteiger partial charge in [-0.3, -0.25) is 4.79 Å². The quantitative estimate of drug-likeness (QED) is 0.402. The van der Waals surface area contributed by atoms with Gasteiger partial charge < -0.3 is 24.5 Å². The van der Waals surface area contributed by atoms with E-state index in [9.17, 15) is 13.2 Å². The van der Waals surface area contributed by atoms with Crippen molar-refractivity contribution in [1.82, 2.24) is 24.0 Å². The highest BCUT2D eigenvalue weighted by Gasteiger charge is 2.28. The first-order valence-corrected chi connectivity index (χ1v) is 14.8. The molecular weight excluding hydrogens is 504 g/mol. The molecule has 1 saturated heterocycles. The molecule has 1 aromatic carbocycles. The van der Waals surface area contributed by atoms with E-state index in [1.54, 1.807) is 30.2 Å². The van der Waals surface area contributed by atoms with Crippen LogP contribution in [0.4, 0.5) is 0 Å². The molecule has 200 valence electrons. The van der Waals surface area contributed by atoms with E-state index in [4.69, 9.17) is 15.5 Å². The number of imidazole rings is 1. The topological polar surface area (TPSA) is 125 Å². The van der Waals surface area contributed by atoms with E-state index in [2.05, 4.69) is 9.55 Å². The number of nitrogens with two attached hydrogens (primary N) is 1. The fraction of sp³-hybridized carbons (Fsp3) is 0.444. The van der Waals surface area contributed by atoms with E-state index in [1.165, 1.54) is 6.26 Å². The van der Waals surface area contributed by atoms with Crippen molar-refractivity contribution in [3.8, 4) is 17.3 Å². The number of pyridine rings is 1. The van der Waals surface area contributed by atoms with E-state index in [-0.39, 0.29) is 17.0 Å². The van der Waals surface area contributed by atoms with Gasteiger partial charge in [0, 0.05) is 49.9 Å². The van der Waals surface area contributed by atoms with Crippen LogP contribution in [0.5, 0.6) is 5.75 Å². The van der Waals surface area contributed by atoms with Crippen molar-refractivity contribution in [1.29, 1.82) is 0 Å². The number of carbonyl (C=O) groups excluding carboxylic acids is 1. The van der Waals surface area contributed by atoms with Crippen molar-refractivity contribution >= 4 is 37.8 Å². The maximum atomic E-state index is 13.4. The van der Waals surface area contributed by atoms with Crippen LogP contribution in [0.25, 0.3) is 33.6 Å². The van der Waals surface area contributed by atoms with Gasteiger partial charge in [-0.2, -0.15) is 0 Å². The van der Waals surface area contributed by atoms with Crippen LogP contribution in [0.1, 0.15) is 36.0 Å².